The molecule has 0 heterocycles. The summed E-state index contributed by atoms with van der Waals surface area (Å²) in [7, 11) is 0. The van der Waals surface area contributed by atoms with Gasteiger partial charge in [-0.3, -0.25) is 0 Å². The highest BCUT2D eigenvalue weighted by atomic mass is 35.5. The summed E-state index contributed by atoms with van der Waals surface area (Å²) in [5, 5.41) is 0. The lowest BCUT2D eigenvalue weighted by atomic mass is 10.0. The molecule has 1 atom stereocenters. The van der Waals surface area contributed by atoms with E-state index in [0.29, 0.717) is 6.54 Å². The summed E-state index contributed by atoms with van der Waals surface area (Å²) < 4.78 is 0. The largest absolute Gasteiger partial charge is 0.329 e. The number of hydrogen-bond donors (Lipinski definition) is 2. The molecule has 15 heavy (non-hydrogen) atoms. The number of rotatable bonds is 5. The zero-order chi connectivity index (χ0) is 10.4. The van der Waals surface area contributed by atoms with Gasteiger partial charge in [-0.2, -0.15) is 0 Å². The maximum Gasteiger partial charge on any atom is 0.0419 e. The Hall–Kier alpha value is -0.570. The van der Waals surface area contributed by atoms with E-state index in [0.717, 1.165) is 12.0 Å². The van der Waals surface area contributed by atoms with Crippen LogP contribution in [0.4, 0.5) is 0 Å². The lowest BCUT2D eigenvalue weighted by Gasteiger charge is -2.09. The number of unbranched alkanes of at least 4 members (excludes halogenated alkanes) is 1. The van der Waals surface area contributed by atoms with Crippen molar-refractivity contribution in [1.82, 2.24) is 0 Å². The van der Waals surface area contributed by atoms with Crippen molar-refractivity contribution in [3.8, 4) is 0 Å². The van der Waals surface area contributed by atoms with Crippen LogP contribution < -0.4 is 11.5 Å². The number of halogens is 1. The molecule has 0 aliphatic carbocycles. The molecule has 0 saturated heterocycles. The van der Waals surface area contributed by atoms with Crippen molar-refractivity contribution in [2.75, 3.05) is 6.54 Å². The smallest absolute Gasteiger partial charge is 0.0419 e. The van der Waals surface area contributed by atoms with Crippen molar-refractivity contribution in [2.24, 2.45) is 11.5 Å². The molecule has 86 valence electrons. The molecule has 0 aliphatic rings. The van der Waals surface area contributed by atoms with E-state index in [1.165, 1.54) is 18.4 Å². The Bertz CT molecular complexity index is 259. The van der Waals surface area contributed by atoms with E-state index in [4.69, 9.17) is 11.5 Å². The molecule has 0 fully saturated rings. The van der Waals surface area contributed by atoms with Gasteiger partial charge in [0.1, 0.15) is 0 Å². The molecule has 0 unspecified atom stereocenters. The Morgan fingerprint density at radius 3 is 2.27 bits per heavy atom. The fourth-order valence-electron chi connectivity index (χ4n) is 1.45. The van der Waals surface area contributed by atoms with E-state index >= 15 is 0 Å². The molecular weight excluding hydrogens is 208 g/mol. The molecule has 4 N–H and O–H groups in total. The van der Waals surface area contributed by atoms with Crippen molar-refractivity contribution in [2.45, 2.75) is 32.2 Å². The van der Waals surface area contributed by atoms with Crippen LogP contribution in [0, 0.1) is 0 Å². The van der Waals surface area contributed by atoms with E-state index < -0.39 is 0 Å². The number of nitrogens with two attached hydrogens (primary N) is 2. The van der Waals surface area contributed by atoms with Gasteiger partial charge < -0.3 is 11.5 Å². The second-order valence-corrected chi connectivity index (χ2v) is 3.69. The van der Waals surface area contributed by atoms with Gasteiger partial charge in [0.15, 0.2) is 0 Å². The molecule has 0 amide bonds. The summed E-state index contributed by atoms with van der Waals surface area (Å²) in [6.07, 6.45) is 3.65. The Kier molecular flexibility index (Phi) is 7.39. The van der Waals surface area contributed by atoms with Gasteiger partial charge in [-0.15, -0.1) is 12.4 Å². The normalized spacial score (nSPS) is 11.9. The third-order valence-corrected chi connectivity index (χ3v) is 2.48. The lowest BCUT2D eigenvalue weighted by Crippen LogP contribution is -2.20. The van der Waals surface area contributed by atoms with Crippen LogP contribution in [0.1, 0.15) is 36.9 Å². The summed E-state index contributed by atoms with van der Waals surface area (Å²) >= 11 is 0. The molecule has 1 rings (SSSR count). The molecule has 1 aromatic carbocycles. The molecule has 0 radical (unpaired) electrons. The van der Waals surface area contributed by atoms with Crippen molar-refractivity contribution < 1.29 is 0 Å². The fraction of sp³-hybridized carbons (Fsp3) is 0.500. The first-order valence-corrected chi connectivity index (χ1v) is 5.32. The van der Waals surface area contributed by atoms with Crippen LogP contribution in [0.5, 0.6) is 0 Å². The summed E-state index contributed by atoms with van der Waals surface area (Å²) in [4.78, 5) is 0. The van der Waals surface area contributed by atoms with Gasteiger partial charge in [-0.1, -0.05) is 37.6 Å². The summed E-state index contributed by atoms with van der Waals surface area (Å²) in [6, 6.07) is 8.46. The van der Waals surface area contributed by atoms with Crippen LogP contribution in [0.15, 0.2) is 24.3 Å². The monoisotopic (exact) mass is 228 g/mol. The molecule has 0 aromatic heterocycles. The minimum Gasteiger partial charge on any atom is -0.329 e. The minimum atomic E-state index is -0.0183. The first-order chi connectivity index (χ1) is 6.77. The van der Waals surface area contributed by atoms with Crippen LogP contribution in [0.3, 0.4) is 0 Å². The fourth-order valence-corrected chi connectivity index (χ4v) is 1.45. The predicted octanol–water partition coefficient (Wildman–Crippen LogP) is 2.41. The van der Waals surface area contributed by atoms with E-state index in [1.54, 1.807) is 0 Å². The Labute approximate surface area is 98.5 Å². The standard InChI is InChI=1S/C12H20N2.ClH/c1-2-3-4-10-5-7-11(8-6-10)12(14)9-13;/h5-8,12H,2-4,9,13-14H2,1H3;1H/t12-;/m0./s1. The van der Waals surface area contributed by atoms with Gasteiger partial charge in [0, 0.05) is 12.6 Å². The average Bonchev–Trinajstić information content (AvgIpc) is 2.26. The molecule has 0 aliphatic heterocycles. The van der Waals surface area contributed by atoms with Crippen LogP contribution in [-0.4, -0.2) is 6.54 Å². The van der Waals surface area contributed by atoms with Crippen molar-refractivity contribution in [1.29, 1.82) is 0 Å². The van der Waals surface area contributed by atoms with Gasteiger partial charge >= 0.3 is 0 Å². The maximum atomic E-state index is 5.82. The van der Waals surface area contributed by atoms with E-state index in [-0.39, 0.29) is 18.4 Å². The van der Waals surface area contributed by atoms with Crippen molar-refractivity contribution in [3.05, 3.63) is 35.4 Å². The number of aryl methyl sites for hydroxylation is 1. The zero-order valence-electron chi connectivity index (χ0n) is 9.28. The van der Waals surface area contributed by atoms with Gasteiger partial charge in [-0.25, -0.2) is 0 Å². The van der Waals surface area contributed by atoms with Gasteiger partial charge in [0.05, 0.1) is 0 Å². The van der Waals surface area contributed by atoms with Gasteiger partial charge in [-0.05, 0) is 24.0 Å². The van der Waals surface area contributed by atoms with Crippen molar-refractivity contribution >= 4 is 12.4 Å². The number of benzene rings is 1. The summed E-state index contributed by atoms with van der Waals surface area (Å²) in [5.41, 5.74) is 13.8. The van der Waals surface area contributed by atoms with E-state index in [9.17, 15) is 0 Å². The average molecular weight is 229 g/mol. The first-order valence-electron chi connectivity index (χ1n) is 5.32. The molecule has 3 heteroatoms. The Morgan fingerprint density at radius 2 is 1.80 bits per heavy atom. The summed E-state index contributed by atoms with van der Waals surface area (Å²) in [5.74, 6) is 0. The zero-order valence-corrected chi connectivity index (χ0v) is 10.1. The van der Waals surface area contributed by atoms with E-state index in [1.807, 2.05) is 0 Å². The Balaban J connectivity index is 0.00000196. The molecule has 0 saturated carbocycles. The molecule has 0 bridgehead atoms. The highest BCUT2D eigenvalue weighted by Crippen LogP contribution is 2.12. The van der Waals surface area contributed by atoms with Crippen LogP contribution in [-0.2, 0) is 6.42 Å². The SMILES string of the molecule is CCCCc1ccc([C@@H](N)CN)cc1.Cl. The molecule has 1 aromatic rings. The highest BCUT2D eigenvalue weighted by Gasteiger charge is 2.02. The highest BCUT2D eigenvalue weighted by molar-refractivity contribution is 5.85. The second kappa shape index (κ2) is 7.69. The molecule has 2 nitrogen and oxygen atoms in total. The third-order valence-electron chi connectivity index (χ3n) is 2.48. The predicted molar refractivity (Wildman–Crippen MR) is 68.3 cm³/mol. The van der Waals surface area contributed by atoms with Crippen LogP contribution >= 0.6 is 12.4 Å². The van der Waals surface area contributed by atoms with Crippen LogP contribution in [0.25, 0.3) is 0 Å². The van der Waals surface area contributed by atoms with Crippen LogP contribution in [0.2, 0.25) is 0 Å². The maximum absolute atomic E-state index is 5.82. The Morgan fingerprint density at radius 1 is 1.20 bits per heavy atom. The molecular formula is C12H21ClN2. The van der Waals surface area contributed by atoms with Crippen molar-refractivity contribution in [3.63, 3.8) is 0 Å². The minimum absolute atomic E-state index is 0. The lowest BCUT2D eigenvalue weighted by molar-refractivity contribution is 0.735. The summed E-state index contributed by atoms with van der Waals surface area (Å²) in [6.45, 7) is 2.72. The quantitative estimate of drug-likeness (QED) is 0.813. The molecule has 0 spiro atoms. The van der Waals surface area contributed by atoms with E-state index in [2.05, 4.69) is 31.2 Å². The number of hydrogen-bond acceptors (Lipinski definition) is 2. The first kappa shape index (κ1) is 14.4. The second-order valence-electron chi connectivity index (χ2n) is 3.69. The third kappa shape index (κ3) is 4.65. The van der Waals surface area contributed by atoms with Gasteiger partial charge in [0.2, 0.25) is 0 Å². The topological polar surface area (TPSA) is 52.0 Å². The van der Waals surface area contributed by atoms with Gasteiger partial charge in [0.25, 0.3) is 0 Å².